The van der Waals surface area contributed by atoms with Crippen LogP contribution in [0.5, 0.6) is 0 Å². The Balaban J connectivity index is 1.90. The number of aldehydes is 1. The Bertz CT molecular complexity index is 930. The first-order chi connectivity index (χ1) is 13.5. The molecule has 1 aliphatic rings. The van der Waals surface area contributed by atoms with Crippen LogP contribution in [0.3, 0.4) is 0 Å². The number of hydrogen-bond donors (Lipinski definition) is 2. The van der Waals surface area contributed by atoms with Crippen molar-refractivity contribution < 1.29 is 14.5 Å². The largest absolute Gasteiger partial charge is 0.385 e. The van der Waals surface area contributed by atoms with Crippen molar-refractivity contribution in [3.05, 3.63) is 79.9 Å². The van der Waals surface area contributed by atoms with E-state index in [1.54, 1.807) is 18.2 Å². The molecular weight excluding hydrogens is 426 g/mol. The van der Waals surface area contributed by atoms with Crippen molar-refractivity contribution in [3.63, 3.8) is 0 Å². The van der Waals surface area contributed by atoms with E-state index in [1.165, 1.54) is 6.07 Å². The van der Waals surface area contributed by atoms with E-state index in [-0.39, 0.29) is 18.0 Å². The van der Waals surface area contributed by atoms with Gasteiger partial charge in [0, 0.05) is 28.8 Å². The number of nitro benzene ring substituents is 1. The summed E-state index contributed by atoms with van der Waals surface area (Å²) in [4.78, 5) is 34.2. The van der Waals surface area contributed by atoms with Gasteiger partial charge in [-0.05, 0) is 40.1 Å². The number of nitrogens with one attached hydrogen (secondary N) is 2. The number of halogens is 1. The van der Waals surface area contributed by atoms with Crippen LogP contribution in [0.15, 0.2) is 58.7 Å². The van der Waals surface area contributed by atoms with Gasteiger partial charge in [-0.1, -0.05) is 36.4 Å². The highest BCUT2D eigenvalue weighted by atomic mass is 79.9. The number of nitrogens with zero attached hydrogens (tertiary/aromatic N) is 1. The van der Waals surface area contributed by atoms with Gasteiger partial charge in [-0.2, -0.15) is 0 Å². The van der Waals surface area contributed by atoms with E-state index in [0.717, 1.165) is 5.56 Å². The predicted octanol–water partition coefficient (Wildman–Crippen LogP) is 2.64. The fourth-order valence-electron chi connectivity index (χ4n) is 3.18. The summed E-state index contributed by atoms with van der Waals surface area (Å²) in [6.45, 7) is 0.515. The van der Waals surface area contributed by atoms with Crippen LogP contribution in [0.1, 0.15) is 11.1 Å². The minimum atomic E-state index is -0.883. The molecule has 2 atom stereocenters. The van der Waals surface area contributed by atoms with Gasteiger partial charge in [-0.15, -0.1) is 0 Å². The molecule has 144 valence electrons. The molecule has 1 aliphatic heterocycles. The molecule has 7 nitrogen and oxygen atoms in total. The molecular formula is C20H18BrN3O4. The normalized spacial score (nSPS) is 20.4. The highest BCUT2D eigenvalue weighted by Crippen LogP contribution is 2.29. The van der Waals surface area contributed by atoms with Crippen molar-refractivity contribution in [2.75, 3.05) is 6.54 Å². The molecule has 0 spiro atoms. The lowest BCUT2D eigenvalue weighted by molar-refractivity contribution is -0.385. The summed E-state index contributed by atoms with van der Waals surface area (Å²) >= 11 is 3.32. The second-order valence-electron chi connectivity index (χ2n) is 6.42. The molecule has 1 heterocycles. The van der Waals surface area contributed by atoms with E-state index in [9.17, 15) is 19.7 Å². The fraction of sp³-hybridized carbons (Fsp3) is 0.200. The van der Waals surface area contributed by atoms with E-state index >= 15 is 0 Å². The maximum atomic E-state index is 12.2. The van der Waals surface area contributed by atoms with E-state index in [2.05, 4.69) is 26.6 Å². The number of piperazine rings is 1. The lowest BCUT2D eigenvalue weighted by Crippen LogP contribution is -2.57. The molecule has 0 bridgehead atoms. The molecule has 2 N–H and O–H groups in total. The van der Waals surface area contributed by atoms with Gasteiger partial charge in [0.1, 0.15) is 6.04 Å². The number of carbonyl (C=O) groups excluding carboxylic acids is 2. The van der Waals surface area contributed by atoms with Crippen LogP contribution in [0, 0.1) is 10.1 Å². The minimum Gasteiger partial charge on any atom is -0.385 e. The quantitative estimate of drug-likeness (QED) is 0.308. The molecule has 2 aromatic carbocycles. The lowest BCUT2D eigenvalue weighted by atomic mass is 9.97. The van der Waals surface area contributed by atoms with Crippen molar-refractivity contribution in [2.45, 2.75) is 18.5 Å². The summed E-state index contributed by atoms with van der Waals surface area (Å²) < 4.78 is 0.528. The van der Waals surface area contributed by atoms with Crippen molar-refractivity contribution in [1.29, 1.82) is 0 Å². The first-order valence-corrected chi connectivity index (χ1v) is 9.46. The maximum Gasteiger partial charge on any atom is 0.277 e. The van der Waals surface area contributed by atoms with Crippen LogP contribution in [0.4, 0.5) is 5.69 Å². The van der Waals surface area contributed by atoms with Crippen LogP contribution >= 0.6 is 15.9 Å². The van der Waals surface area contributed by atoms with Gasteiger partial charge in [0.25, 0.3) is 5.69 Å². The zero-order valence-electron chi connectivity index (χ0n) is 14.8. The molecule has 0 amide bonds. The van der Waals surface area contributed by atoms with Gasteiger partial charge in [-0.25, -0.2) is 0 Å². The number of carbonyl (C=O) groups is 2. The summed E-state index contributed by atoms with van der Waals surface area (Å²) in [5.74, 6) is -0.633. The van der Waals surface area contributed by atoms with Gasteiger partial charge >= 0.3 is 0 Å². The number of rotatable bonds is 6. The van der Waals surface area contributed by atoms with Crippen molar-refractivity contribution >= 4 is 39.8 Å². The third-order valence-electron chi connectivity index (χ3n) is 4.52. The Morgan fingerprint density at radius 3 is 2.64 bits per heavy atom. The molecule has 2 unspecified atom stereocenters. The smallest absolute Gasteiger partial charge is 0.277 e. The number of Topliss-reactive ketones (excluding diaryl/α,β-unsaturated/α-hetero) is 1. The van der Waals surface area contributed by atoms with Gasteiger partial charge in [0.15, 0.2) is 6.29 Å². The Morgan fingerprint density at radius 2 is 1.96 bits per heavy atom. The average Bonchev–Trinajstić information content (AvgIpc) is 2.70. The van der Waals surface area contributed by atoms with Gasteiger partial charge < -0.3 is 5.32 Å². The van der Waals surface area contributed by atoms with E-state index in [0.29, 0.717) is 28.7 Å². The highest BCUT2D eigenvalue weighted by Gasteiger charge is 2.31. The topological polar surface area (TPSA) is 101 Å². The summed E-state index contributed by atoms with van der Waals surface area (Å²) in [5.41, 5.74) is 1.78. The molecule has 0 aliphatic carbocycles. The molecule has 1 saturated heterocycles. The van der Waals surface area contributed by atoms with E-state index < -0.39 is 16.7 Å². The van der Waals surface area contributed by atoms with Crippen LogP contribution < -0.4 is 10.6 Å². The first-order valence-electron chi connectivity index (χ1n) is 8.67. The number of ketones is 1. The Morgan fingerprint density at radius 1 is 1.21 bits per heavy atom. The molecule has 0 radical (unpaired) electrons. The number of hydrogen-bond acceptors (Lipinski definition) is 6. The molecule has 1 fully saturated rings. The predicted molar refractivity (Wildman–Crippen MR) is 109 cm³/mol. The molecule has 0 saturated carbocycles. The Labute approximate surface area is 170 Å². The SMILES string of the molecule is O=CC(=O)C1NC(Cc2ccccc2)CNC1=Cc1c(Br)cccc1[N+](=O)[O-]. The van der Waals surface area contributed by atoms with Crippen LogP contribution in [-0.2, 0) is 16.0 Å². The zero-order valence-corrected chi connectivity index (χ0v) is 16.4. The van der Waals surface area contributed by atoms with Crippen molar-refractivity contribution in [3.8, 4) is 0 Å². The molecule has 2 aromatic rings. The van der Waals surface area contributed by atoms with E-state index in [1.807, 2.05) is 30.3 Å². The van der Waals surface area contributed by atoms with Crippen LogP contribution in [0.25, 0.3) is 6.08 Å². The summed E-state index contributed by atoms with van der Waals surface area (Å²) in [6.07, 6.45) is 2.49. The third-order valence-corrected chi connectivity index (χ3v) is 5.21. The van der Waals surface area contributed by atoms with E-state index in [4.69, 9.17) is 0 Å². The monoisotopic (exact) mass is 443 g/mol. The zero-order chi connectivity index (χ0) is 20.1. The van der Waals surface area contributed by atoms with Gasteiger partial charge in [-0.3, -0.25) is 25.0 Å². The summed E-state index contributed by atoms with van der Waals surface area (Å²) in [5, 5.41) is 17.7. The number of nitro groups is 1. The lowest BCUT2D eigenvalue weighted by Gasteiger charge is -2.33. The second kappa shape index (κ2) is 8.90. The van der Waals surface area contributed by atoms with Crippen molar-refractivity contribution in [1.82, 2.24) is 10.6 Å². The molecule has 28 heavy (non-hydrogen) atoms. The number of benzene rings is 2. The summed E-state index contributed by atoms with van der Waals surface area (Å²) in [6, 6.07) is 13.5. The van der Waals surface area contributed by atoms with Crippen LogP contribution in [0.2, 0.25) is 0 Å². The van der Waals surface area contributed by atoms with Gasteiger partial charge in [0.05, 0.1) is 10.5 Å². The molecule has 0 aromatic heterocycles. The molecule has 8 heteroatoms. The highest BCUT2D eigenvalue weighted by molar-refractivity contribution is 9.10. The fourth-order valence-corrected chi connectivity index (χ4v) is 3.65. The average molecular weight is 444 g/mol. The van der Waals surface area contributed by atoms with Gasteiger partial charge in [0.2, 0.25) is 5.78 Å². The Hall–Kier alpha value is -2.84. The minimum absolute atomic E-state index is 0.0670. The standard InChI is InChI=1S/C20H18BrN3O4/c21-16-7-4-8-18(24(27)28)15(16)10-17-20(19(26)12-25)23-14(11-22-17)9-13-5-2-1-3-6-13/h1-8,10,12,14,20,22-23H,9,11H2. The maximum absolute atomic E-state index is 12.2. The summed E-state index contributed by atoms with van der Waals surface area (Å²) in [7, 11) is 0. The third kappa shape index (κ3) is 4.52. The Kier molecular flexibility index (Phi) is 6.33. The van der Waals surface area contributed by atoms with Crippen LogP contribution in [-0.4, -0.2) is 35.6 Å². The first kappa shape index (κ1) is 19.9. The molecule has 3 rings (SSSR count). The second-order valence-corrected chi connectivity index (χ2v) is 7.27. The van der Waals surface area contributed by atoms with Crippen molar-refractivity contribution in [2.24, 2.45) is 0 Å².